The smallest absolute Gasteiger partial charge is 0.0186 e. The third kappa shape index (κ3) is 5.02. The summed E-state index contributed by atoms with van der Waals surface area (Å²) in [5.41, 5.74) is 0. The Kier molecular flexibility index (Phi) is 5.39. The highest BCUT2D eigenvalue weighted by molar-refractivity contribution is 9.10. The van der Waals surface area contributed by atoms with Gasteiger partial charge in [-0.25, -0.2) is 0 Å². The molecular weight excluding hydrogens is 294 g/mol. The monoisotopic (exact) mass is 313 g/mol. The summed E-state index contributed by atoms with van der Waals surface area (Å²) in [6.07, 6.45) is 4.25. The molecule has 1 unspecified atom stereocenters. The van der Waals surface area contributed by atoms with Gasteiger partial charge in [-0.2, -0.15) is 0 Å². The zero-order valence-corrected chi connectivity index (χ0v) is 12.7. The van der Waals surface area contributed by atoms with E-state index in [-0.39, 0.29) is 0 Å². The fourth-order valence-corrected chi connectivity index (χ4v) is 3.59. The first kappa shape index (κ1) is 13.4. The third-order valence-corrected chi connectivity index (χ3v) is 4.70. The van der Waals surface area contributed by atoms with Crippen LogP contribution >= 0.6 is 27.7 Å². The summed E-state index contributed by atoms with van der Waals surface area (Å²) in [6.45, 7) is 3.28. The van der Waals surface area contributed by atoms with Crippen molar-refractivity contribution in [1.82, 2.24) is 5.32 Å². The van der Waals surface area contributed by atoms with E-state index in [0.717, 1.165) is 12.5 Å². The lowest BCUT2D eigenvalue weighted by Gasteiger charge is -2.17. The highest BCUT2D eigenvalue weighted by Crippen LogP contribution is 2.34. The molecule has 0 amide bonds. The maximum Gasteiger partial charge on any atom is 0.0186 e. The Morgan fingerprint density at radius 2 is 2.29 bits per heavy atom. The normalized spacial score (nSPS) is 17.1. The summed E-state index contributed by atoms with van der Waals surface area (Å²) >= 11 is 5.48. The lowest BCUT2D eigenvalue weighted by Crippen LogP contribution is -2.31. The second kappa shape index (κ2) is 6.81. The Morgan fingerprint density at radius 1 is 1.47 bits per heavy atom. The minimum Gasteiger partial charge on any atom is -0.313 e. The Balaban J connectivity index is 1.80. The fourth-order valence-electron chi connectivity index (χ4n) is 2.01. The summed E-state index contributed by atoms with van der Waals surface area (Å²) in [7, 11) is 0. The number of hydrogen-bond acceptors (Lipinski definition) is 2. The Hall–Kier alpha value is 0.01000. The van der Waals surface area contributed by atoms with Crippen molar-refractivity contribution >= 4 is 27.7 Å². The van der Waals surface area contributed by atoms with Gasteiger partial charge < -0.3 is 5.32 Å². The van der Waals surface area contributed by atoms with Crippen molar-refractivity contribution in [1.29, 1.82) is 0 Å². The van der Waals surface area contributed by atoms with Crippen molar-refractivity contribution < 1.29 is 0 Å². The molecule has 1 atom stereocenters. The molecule has 0 aliphatic heterocycles. The van der Waals surface area contributed by atoms with Crippen LogP contribution in [0.3, 0.4) is 0 Å². The molecule has 0 spiro atoms. The molecule has 1 aliphatic rings. The predicted molar refractivity (Wildman–Crippen MR) is 79.7 cm³/mol. The average molecular weight is 314 g/mol. The van der Waals surface area contributed by atoms with Gasteiger partial charge in [-0.15, -0.1) is 11.8 Å². The number of nitrogens with one attached hydrogen (secondary N) is 1. The Bertz CT molecular complexity index is 352. The van der Waals surface area contributed by atoms with Gasteiger partial charge >= 0.3 is 0 Å². The van der Waals surface area contributed by atoms with Crippen molar-refractivity contribution in [3.8, 4) is 0 Å². The van der Waals surface area contributed by atoms with E-state index < -0.39 is 0 Å². The van der Waals surface area contributed by atoms with Crippen molar-refractivity contribution in [2.75, 3.05) is 12.3 Å². The molecule has 1 nitrogen and oxygen atoms in total. The molecule has 1 N–H and O–H groups in total. The van der Waals surface area contributed by atoms with Crippen LogP contribution in [0.1, 0.15) is 26.2 Å². The summed E-state index contributed by atoms with van der Waals surface area (Å²) in [6, 6.07) is 9.25. The van der Waals surface area contributed by atoms with E-state index in [2.05, 4.69) is 52.4 Å². The summed E-state index contributed by atoms with van der Waals surface area (Å²) in [4.78, 5) is 1.36. The quantitative estimate of drug-likeness (QED) is 0.752. The average Bonchev–Trinajstić information content (AvgIpc) is 3.10. The van der Waals surface area contributed by atoms with Crippen LogP contribution in [0.5, 0.6) is 0 Å². The molecule has 17 heavy (non-hydrogen) atoms. The molecule has 1 aliphatic carbocycles. The SMILES string of the molecule is CCNC(CSc1cccc(Br)c1)CC1CC1. The molecule has 94 valence electrons. The zero-order chi connectivity index (χ0) is 12.1. The molecule has 0 radical (unpaired) electrons. The molecule has 1 saturated carbocycles. The summed E-state index contributed by atoms with van der Waals surface area (Å²) in [5.74, 6) is 2.18. The molecular formula is C14H20BrNS. The van der Waals surface area contributed by atoms with Crippen LogP contribution in [0, 0.1) is 5.92 Å². The molecule has 0 heterocycles. The number of halogens is 1. The first-order valence-corrected chi connectivity index (χ1v) is 8.17. The fraction of sp³-hybridized carbons (Fsp3) is 0.571. The van der Waals surface area contributed by atoms with E-state index in [1.807, 2.05) is 11.8 Å². The second-order valence-electron chi connectivity index (χ2n) is 4.70. The highest BCUT2D eigenvalue weighted by atomic mass is 79.9. The van der Waals surface area contributed by atoms with Crippen LogP contribution in [0.25, 0.3) is 0 Å². The predicted octanol–water partition coefficient (Wildman–Crippen LogP) is 4.32. The maximum atomic E-state index is 3.61. The van der Waals surface area contributed by atoms with E-state index >= 15 is 0 Å². The molecule has 1 aromatic carbocycles. The molecule has 1 fully saturated rings. The van der Waals surface area contributed by atoms with Crippen molar-refractivity contribution in [2.45, 2.75) is 37.1 Å². The van der Waals surface area contributed by atoms with E-state index in [9.17, 15) is 0 Å². The number of hydrogen-bond donors (Lipinski definition) is 1. The van der Waals surface area contributed by atoms with Gasteiger partial charge in [0, 0.05) is 21.2 Å². The van der Waals surface area contributed by atoms with Crippen LogP contribution in [-0.4, -0.2) is 18.3 Å². The molecule has 0 aromatic heterocycles. The topological polar surface area (TPSA) is 12.0 Å². The Labute approximate surface area is 117 Å². The van der Waals surface area contributed by atoms with Gasteiger partial charge in [-0.1, -0.05) is 41.8 Å². The van der Waals surface area contributed by atoms with Gasteiger partial charge in [0.2, 0.25) is 0 Å². The van der Waals surface area contributed by atoms with Gasteiger partial charge in [-0.3, -0.25) is 0 Å². The van der Waals surface area contributed by atoms with E-state index in [4.69, 9.17) is 0 Å². The first-order chi connectivity index (χ1) is 8.28. The van der Waals surface area contributed by atoms with Gasteiger partial charge in [0.05, 0.1) is 0 Å². The summed E-state index contributed by atoms with van der Waals surface area (Å²) < 4.78 is 1.17. The van der Waals surface area contributed by atoms with Gasteiger partial charge in [0.1, 0.15) is 0 Å². The van der Waals surface area contributed by atoms with Gasteiger partial charge in [0.15, 0.2) is 0 Å². The van der Waals surface area contributed by atoms with Crippen molar-refractivity contribution in [2.24, 2.45) is 5.92 Å². The second-order valence-corrected chi connectivity index (χ2v) is 6.71. The molecule has 1 aromatic rings. The minimum atomic E-state index is 0.677. The molecule has 0 bridgehead atoms. The van der Waals surface area contributed by atoms with Gasteiger partial charge in [0.25, 0.3) is 0 Å². The number of thioether (sulfide) groups is 1. The minimum absolute atomic E-state index is 0.677. The lowest BCUT2D eigenvalue weighted by atomic mass is 10.1. The van der Waals surface area contributed by atoms with Gasteiger partial charge in [-0.05, 0) is 37.1 Å². The molecule has 0 saturated heterocycles. The van der Waals surface area contributed by atoms with Crippen molar-refractivity contribution in [3.05, 3.63) is 28.7 Å². The third-order valence-electron chi connectivity index (χ3n) is 3.05. The van der Waals surface area contributed by atoms with Crippen molar-refractivity contribution in [3.63, 3.8) is 0 Å². The van der Waals surface area contributed by atoms with E-state index in [1.165, 1.54) is 34.4 Å². The van der Waals surface area contributed by atoms with Crippen LogP contribution in [-0.2, 0) is 0 Å². The molecule has 2 rings (SSSR count). The lowest BCUT2D eigenvalue weighted by molar-refractivity contribution is 0.508. The number of benzene rings is 1. The zero-order valence-electron chi connectivity index (χ0n) is 10.3. The Morgan fingerprint density at radius 3 is 2.94 bits per heavy atom. The molecule has 3 heteroatoms. The highest BCUT2D eigenvalue weighted by Gasteiger charge is 2.24. The van der Waals surface area contributed by atoms with Crippen LogP contribution in [0.2, 0.25) is 0 Å². The van der Waals surface area contributed by atoms with E-state index in [1.54, 1.807) is 0 Å². The number of rotatable bonds is 7. The maximum absolute atomic E-state index is 3.61. The van der Waals surface area contributed by atoms with E-state index in [0.29, 0.717) is 6.04 Å². The summed E-state index contributed by atoms with van der Waals surface area (Å²) in [5, 5.41) is 3.61. The van der Waals surface area contributed by atoms with Crippen LogP contribution < -0.4 is 5.32 Å². The largest absolute Gasteiger partial charge is 0.313 e. The van der Waals surface area contributed by atoms with Crippen LogP contribution in [0.15, 0.2) is 33.6 Å². The first-order valence-electron chi connectivity index (χ1n) is 6.39. The standard InChI is InChI=1S/C14H20BrNS/c1-2-16-13(8-11-6-7-11)10-17-14-5-3-4-12(15)9-14/h3-5,9,11,13,16H,2,6-8,10H2,1H3. The van der Waals surface area contributed by atoms with Crippen LogP contribution in [0.4, 0.5) is 0 Å².